The number of nitrogens with one attached hydrogen (secondary N) is 2. The van der Waals surface area contributed by atoms with Crippen molar-refractivity contribution in [1.29, 1.82) is 5.41 Å². The van der Waals surface area contributed by atoms with Crippen molar-refractivity contribution in [3.8, 4) is 11.5 Å². The molecule has 0 radical (unpaired) electrons. The van der Waals surface area contributed by atoms with Gasteiger partial charge in [0.15, 0.2) is 0 Å². The highest BCUT2D eigenvalue weighted by atomic mass is 16.5. The number of Topliss-reactive ketones (excluding diaryl/α,β-unsaturated/α-hetero) is 1. The molecule has 1 aliphatic rings. The number of H-pyrrole nitrogens is 1. The van der Waals surface area contributed by atoms with Crippen LogP contribution in [0.3, 0.4) is 0 Å². The number of aliphatic hydroxyl groups is 1. The maximum Gasteiger partial charge on any atom is 0.204 e. The third kappa shape index (κ3) is 2.84. The Morgan fingerprint density at radius 2 is 1.86 bits per heavy atom. The molecule has 1 fully saturated rings. The highest BCUT2D eigenvalue weighted by molar-refractivity contribution is 6.25. The van der Waals surface area contributed by atoms with Crippen LogP contribution in [-0.2, 0) is 4.79 Å². The summed E-state index contributed by atoms with van der Waals surface area (Å²) < 4.78 is 10.6. The van der Waals surface area contributed by atoms with Gasteiger partial charge in [0.25, 0.3) is 0 Å². The summed E-state index contributed by atoms with van der Waals surface area (Å²) in [4.78, 5) is 22.2. The summed E-state index contributed by atoms with van der Waals surface area (Å²) >= 11 is 0. The van der Waals surface area contributed by atoms with Crippen LogP contribution in [-0.4, -0.2) is 46.6 Å². The van der Waals surface area contributed by atoms with Gasteiger partial charge < -0.3 is 19.6 Å². The summed E-state index contributed by atoms with van der Waals surface area (Å²) in [5, 5.41) is 20.1. The summed E-state index contributed by atoms with van der Waals surface area (Å²) in [5.74, 6) is -0.245. The highest BCUT2D eigenvalue weighted by Crippen LogP contribution is 2.42. The van der Waals surface area contributed by atoms with Crippen LogP contribution in [0.4, 0.5) is 5.69 Å². The fourth-order valence-corrected chi connectivity index (χ4v) is 3.76. The molecule has 2 unspecified atom stereocenters. The predicted molar refractivity (Wildman–Crippen MR) is 109 cm³/mol. The molecule has 0 bridgehead atoms. The Kier molecular flexibility index (Phi) is 4.50. The minimum atomic E-state index is -1.88. The minimum absolute atomic E-state index is 0.0614. The predicted octanol–water partition coefficient (Wildman–Crippen LogP) is 2.83. The highest BCUT2D eigenvalue weighted by Gasteiger charge is 2.56. The summed E-state index contributed by atoms with van der Waals surface area (Å²) in [7, 11) is 3.03. The van der Waals surface area contributed by atoms with Gasteiger partial charge in [-0.2, -0.15) is 0 Å². The van der Waals surface area contributed by atoms with Gasteiger partial charge in [0.05, 0.1) is 30.9 Å². The van der Waals surface area contributed by atoms with Gasteiger partial charge in [-0.3, -0.25) is 15.1 Å². The van der Waals surface area contributed by atoms with Crippen molar-refractivity contribution in [2.75, 3.05) is 19.1 Å². The van der Waals surface area contributed by atoms with Crippen LogP contribution in [0.1, 0.15) is 25.1 Å². The first kappa shape index (κ1) is 18.9. The number of carbonyl (C=O) groups excluding carboxylic acids is 1. The molecule has 1 aromatic heterocycles. The number of carbonyl (C=O) groups is 1. The number of imidazole rings is 1. The van der Waals surface area contributed by atoms with E-state index in [1.54, 1.807) is 25.1 Å². The number of hydrogen-bond acceptors (Lipinski definition) is 6. The Bertz CT molecular complexity index is 1050. The van der Waals surface area contributed by atoms with Gasteiger partial charge in [0, 0.05) is 24.6 Å². The fourth-order valence-electron chi connectivity index (χ4n) is 3.76. The second-order valence-corrected chi connectivity index (χ2v) is 6.90. The SMILES string of the molecule is CCC1(O)C(=O)C(c2nc3ccccc3[nH]2)C(=N)N1c1cc(OC)cc(OC)c1. The molecule has 2 atom stereocenters. The van der Waals surface area contributed by atoms with E-state index in [-0.39, 0.29) is 12.3 Å². The number of fused-ring (bicyclic) bond motifs is 1. The topological polar surface area (TPSA) is 112 Å². The number of amidine groups is 1. The standard InChI is InChI=1S/C21H22N4O4/c1-4-21(27)18(26)17(20-23-15-7-5-6-8-16(15)24-20)19(22)25(21)12-9-13(28-2)11-14(10-12)29-3/h5-11,17,22,27H,4H2,1-3H3,(H,23,24). The number of aromatic nitrogens is 2. The number of para-hydroxylation sites is 2. The molecule has 2 heterocycles. The number of rotatable bonds is 5. The molecule has 0 spiro atoms. The van der Waals surface area contributed by atoms with E-state index < -0.39 is 17.4 Å². The second kappa shape index (κ2) is 6.89. The van der Waals surface area contributed by atoms with Crippen molar-refractivity contribution in [2.24, 2.45) is 0 Å². The van der Waals surface area contributed by atoms with Crippen LogP contribution in [0.2, 0.25) is 0 Å². The lowest BCUT2D eigenvalue weighted by Gasteiger charge is -2.32. The van der Waals surface area contributed by atoms with Gasteiger partial charge in [-0.05, 0) is 12.1 Å². The number of benzene rings is 2. The van der Waals surface area contributed by atoms with Crippen LogP contribution in [0.5, 0.6) is 11.5 Å². The molecule has 8 nitrogen and oxygen atoms in total. The van der Waals surface area contributed by atoms with E-state index in [1.807, 2.05) is 24.3 Å². The molecule has 4 rings (SSSR count). The van der Waals surface area contributed by atoms with Gasteiger partial charge in [0.1, 0.15) is 29.1 Å². The van der Waals surface area contributed by atoms with E-state index in [0.29, 0.717) is 28.5 Å². The van der Waals surface area contributed by atoms with Crippen LogP contribution < -0.4 is 14.4 Å². The smallest absolute Gasteiger partial charge is 0.204 e. The van der Waals surface area contributed by atoms with Gasteiger partial charge in [0.2, 0.25) is 11.5 Å². The van der Waals surface area contributed by atoms with E-state index in [4.69, 9.17) is 14.9 Å². The third-order valence-corrected chi connectivity index (χ3v) is 5.31. The molecule has 3 aromatic rings. The monoisotopic (exact) mass is 394 g/mol. The molecule has 2 aromatic carbocycles. The van der Waals surface area contributed by atoms with Crippen molar-refractivity contribution in [2.45, 2.75) is 25.0 Å². The molecule has 29 heavy (non-hydrogen) atoms. The number of nitrogens with zero attached hydrogens (tertiary/aromatic N) is 2. The number of ether oxygens (including phenoxy) is 2. The zero-order valence-corrected chi connectivity index (χ0v) is 16.4. The second-order valence-electron chi connectivity index (χ2n) is 6.90. The summed E-state index contributed by atoms with van der Waals surface area (Å²) in [5.41, 5.74) is 0.0229. The lowest BCUT2D eigenvalue weighted by molar-refractivity contribution is -0.134. The van der Waals surface area contributed by atoms with Gasteiger partial charge >= 0.3 is 0 Å². The normalized spacial score (nSPS) is 21.8. The quantitative estimate of drug-likeness (QED) is 0.614. The van der Waals surface area contributed by atoms with Crippen molar-refractivity contribution < 1.29 is 19.4 Å². The lowest BCUT2D eigenvalue weighted by Crippen LogP contribution is -2.49. The van der Waals surface area contributed by atoms with Crippen molar-refractivity contribution in [3.63, 3.8) is 0 Å². The number of ketones is 1. The fraction of sp³-hybridized carbons (Fsp3) is 0.286. The first-order valence-electron chi connectivity index (χ1n) is 9.26. The Morgan fingerprint density at radius 3 is 2.45 bits per heavy atom. The maximum absolute atomic E-state index is 13.3. The molecule has 0 saturated carbocycles. The van der Waals surface area contributed by atoms with Crippen LogP contribution >= 0.6 is 0 Å². The zero-order chi connectivity index (χ0) is 20.8. The summed E-state index contributed by atoms with van der Waals surface area (Å²) in [6.07, 6.45) is 0.102. The van der Waals surface area contributed by atoms with Gasteiger partial charge in [-0.1, -0.05) is 19.1 Å². The molecule has 0 amide bonds. The molecule has 0 aliphatic carbocycles. The van der Waals surface area contributed by atoms with E-state index in [9.17, 15) is 9.90 Å². The first-order chi connectivity index (χ1) is 13.9. The van der Waals surface area contributed by atoms with Gasteiger partial charge in [-0.25, -0.2) is 4.98 Å². The Labute approximate surface area is 167 Å². The Hall–Kier alpha value is -3.39. The Balaban J connectivity index is 1.84. The average molecular weight is 394 g/mol. The first-order valence-corrected chi connectivity index (χ1v) is 9.26. The molecule has 1 saturated heterocycles. The largest absolute Gasteiger partial charge is 0.497 e. The van der Waals surface area contributed by atoms with Crippen LogP contribution in [0.25, 0.3) is 11.0 Å². The van der Waals surface area contributed by atoms with Crippen LogP contribution in [0, 0.1) is 5.41 Å². The van der Waals surface area contributed by atoms with E-state index in [0.717, 1.165) is 5.52 Å². The molecule has 150 valence electrons. The lowest BCUT2D eigenvalue weighted by atomic mass is 9.98. The molecular weight excluding hydrogens is 372 g/mol. The van der Waals surface area contributed by atoms with Gasteiger partial charge in [-0.15, -0.1) is 0 Å². The number of aromatic amines is 1. The molecule has 1 aliphatic heterocycles. The minimum Gasteiger partial charge on any atom is -0.497 e. The van der Waals surface area contributed by atoms with Crippen molar-refractivity contribution >= 4 is 28.3 Å². The average Bonchev–Trinajstić information content (AvgIpc) is 3.24. The van der Waals surface area contributed by atoms with Crippen molar-refractivity contribution in [3.05, 3.63) is 48.3 Å². The molecule has 3 N–H and O–H groups in total. The zero-order valence-electron chi connectivity index (χ0n) is 16.4. The van der Waals surface area contributed by atoms with Crippen molar-refractivity contribution in [1.82, 2.24) is 9.97 Å². The molecular formula is C21H22N4O4. The van der Waals surface area contributed by atoms with E-state index in [1.165, 1.54) is 19.1 Å². The number of anilines is 1. The van der Waals surface area contributed by atoms with Crippen LogP contribution in [0.15, 0.2) is 42.5 Å². The number of hydrogen-bond donors (Lipinski definition) is 3. The molecule has 8 heteroatoms. The number of methoxy groups -OCH3 is 2. The van der Waals surface area contributed by atoms with E-state index in [2.05, 4.69) is 9.97 Å². The Morgan fingerprint density at radius 1 is 1.21 bits per heavy atom. The third-order valence-electron chi connectivity index (χ3n) is 5.31. The van der Waals surface area contributed by atoms with E-state index >= 15 is 0 Å². The maximum atomic E-state index is 13.3. The summed E-state index contributed by atoms with van der Waals surface area (Å²) in [6, 6.07) is 12.4. The summed E-state index contributed by atoms with van der Waals surface area (Å²) in [6.45, 7) is 1.70.